The first-order chi connectivity index (χ1) is 7.27. The molecule has 0 spiro atoms. The molecule has 2 nitrogen and oxygen atoms in total. The van der Waals surface area contributed by atoms with Crippen molar-refractivity contribution in [3.63, 3.8) is 0 Å². The van der Waals surface area contributed by atoms with Gasteiger partial charge in [0.2, 0.25) is 0 Å². The molecule has 0 saturated carbocycles. The Morgan fingerprint density at radius 1 is 1.19 bits per heavy atom. The summed E-state index contributed by atoms with van der Waals surface area (Å²) in [6, 6.07) is 0.176. The van der Waals surface area contributed by atoms with Crippen LogP contribution in [0.15, 0.2) is 0 Å². The van der Waals surface area contributed by atoms with Crippen LogP contribution in [0.2, 0.25) is 0 Å². The van der Waals surface area contributed by atoms with Gasteiger partial charge in [0, 0.05) is 6.04 Å². The molecule has 0 heterocycles. The SMILES string of the molecule is CCCNC(C)CC(C)OC(C)C(F)(F)F. The summed E-state index contributed by atoms with van der Waals surface area (Å²) >= 11 is 0. The Hall–Kier alpha value is -0.290. The first-order valence-corrected chi connectivity index (χ1v) is 5.72. The van der Waals surface area contributed by atoms with Crippen LogP contribution in [0, 0.1) is 0 Å². The third-order valence-electron chi connectivity index (χ3n) is 2.33. The van der Waals surface area contributed by atoms with Gasteiger partial charge in [-0.2, -0.15) is 13.2 Å². The van der Waals surface area contributed by atoms with Gasteiger partial charge in [0.25, 0.3) is 0 Å². The van der Waals surface area contributed by atoms with Crippen LogP contribution in [-0.4, -0.2) is 31.0 Å². The molecule has 0 saturated heterocycles. The third kappa shape index (κ3) is 7.06. The summed E-state index contributed by atoms with van der Waals surface area (Å²) in [6.07, 6.45) is -4.76. The molecule has 0 bridgehead atoms. The van der Waals surface area contributed by atoms with Crippen LogP contribution in [0.5, 0.6) is 0 Å². The summed E-state index contributed by atoms with van der Waals surface area (Å²) in [4.78, 5) is 0. The maximum atomic E-state index is 12.2. The summed E-state index contributed by atoms with van der Waals surface area (Å²) in [5, 5.41) is 3.21. The van der Waals surface area contributed by atoms with E-state index in [0.717, 1.165) is 19.9 Å². The van der Waals surface area contributed by atoms with E-state index in [4.69, 9.17) is 4.74 Å². The highest BCUT2D eigenvalue weighted by molar-refractivity contribution is 4.68. The molecule has 16 heavy (non-hydrogen) atoms. The lowest BCUT2D eigenvalue weighted by atomic mass is 10.1. The van der Waals surface area contributed by atoms with Gasteiger partial charge in [-0.3, -0.25) is 0 Å². The van der Waals surface area contributed by atoms with Crippen LogP contribution in [0.4, 0.5) is 13.2 Å². The van der Waals surface area contributed by atoms with Gasteiger partial charge < -0.3 is 10.1 Å². The summed E-state index contributed by atoms with van der Waals surface area (Å²) in [6.45, 7) is 7.59. The lowest BCUT2D eigenvalue weighted by molar-refractivity contribution is -0.225. The number of hydrogen-bond donors (Lipinski definition) is 1. The molecule has 0 aromatic carbocycles. The predicted octanol–water partition coefficient (Wildman–Crippen LogP) is 3.12. The van der Waals surface area contributed by atoms with E-state index in [0.29, 0.717) is 6.42 Å². The molecular weight excluding hydrogens is 219 g/mol. The van der Waals surface area contributed by atoms with E-state index in [1.807, 2.05) is 13.8 Å². The van der Waals surface area contributed by atoms with Crippen molar-refractivity contribution in [1.82, 2.24) is 5.32 Å². The van der Waals surface area contributed by atoms with E-state index < -0.39 is 18.4 Å². The largest absolute Gasteiger partial charge is 0.414 e. The zero-order valence-corrected chi connectivity index (χ0v) is 10.4. The van der Waals surface area contributed by atoms with Crippen molar-refractivity contribution in [2.75, 3.05) is 6.54 Å². The first-order valence-electron chi connectivity index (χ1n) is 5.72. The smallest absolute Gasteiger partial charge is 0.366 e. The second-order valence-electron chi connectivity index (χ2n) is 4.22. The average molecular weight is 241 g/mol. The molecule has 3 unspecified atom stereocenters. The van der Waals surface area contributed by atoms with Gasteiger partial charge in [-0.1, -0.05) is 6.92 Å². The fourth-order valence-electron chi connectivity index (χ4n) is 1.45. The van der Waals surface area contributed by atoms with Crippen molar-refractivity contribution in [2.45, 2.75) is 65.0 Å². The normalized spacial score (nSPS) is 18.2. The van der Waals surface area contributed by atoms with Gasteiger partial charge in [-0.05, 0) is 40.2 Å². The number of alkyl halides is 3. The summed E-state index contributed by atoms with van der Waals surface area (Å²) in [5.74, 6) is 0. The van der Waals surface area contributed by atoms with E-state index in [-0.39, 0.29) is 6.04 Å². The van der Waals surface area contributed by atoms with Crippen molar-refractivity contribution in [3.8, 4) is 0 Å². The zero-order valence-electron chi connectivity index (χ0n) is 10.4. The maximum absolute atomic E-state index is 12.2. The molecule has 5 heteroatoms. The molecule has 0 rings (SSSR count). The van der Waals surface area contributed by atoms with Crippen molar-refractivity contribution in [2.24, 2.45) is 0 Å². The molecular formula is C11H22F3NO. The first kappa shape index (κ1) is 15.7. The van der Waals surface area contributed by atoms with Crippen molar-refractivity contribution >= 4 is 0 Å². The van der Waals surface area contributed by atoms with Crippen molar-refractivity contribution < 1.29 is 17.9 Å². The Kier molecular flexibility index (Phi) is 6.99. The minimum absolute atomic E-state index is 0.176. The molecule has 0 aliphatic carbocycles. The number of halogens is 3. The number of ether oxygens (including phenoxy) is 1. The fourth-order valence-corrected chi connectivity index (χ4v) is 1.45. The van der Waals surface area contributed by atoms with Crippen LogP contribution < -0.4 is 5.32 Å². The van der Waals surface area contributed by atoms with Gasteiger partial charge in [0.1, 0.15) is 0 Å². The number of nitrogens with one attached hydrogen (secondary N) is 1. The van der Waals surface area contributed by atoms with Crippen LogP contribution in [0.25, 0.3) is 0 Å². The Labute approximate surface area is 95.5 Å². The quantitative estimate of drug-likeness (QED) is 0.739. The number of hydrogen-bond acceptors (Lipinski definition) is 2. The van der Waals surface area contributed by atoms with Gasteiger partial charge in [-0.15, -0.1) is 0 Å². The lowest BCUT2D eigenvalue weighted by Crippen LogP contribution is -2.35. The minimum atomic E-state index is -4.27. The monoisotopic (exact) mass is 241 g/mol. The van der Waals surface area contributed by atoms with Gasteiger partial charge in [0.05, 0.1) is 6.10 Å². The zero-order chi connectivity index (χ0) is 12.8. The lowest BCUT2D eigenvalue weighted by Gasteiger charge is -2.24. The Morgan fingerprint density at radius 3 is 2.19 bits per heavy atom. The Balaban J connectivity index is 3.85. The van der Waals surface area contributed by atoms with E-state index in [1.54, 1.807) is 6.92 Å². The molecule has 0 aliphatic heterocycles. The third-order valence-corrected chi connectivity index (χ3v) is 2.33. The average Bonchev–Trinajstić information content (AvgIpc) is 2.12. The molecule has 0 aliphatic rings. The van der Waals surface area contributed by atoms with Gasteiger partial charge >= 0.3 is 6.18 Å². The van der Waals surface area contributed by atoms with Crippen molar-refractivity contribution in [1.29, 1.82) is 0 Å². The van der Waals surface area contributed by atoms with E-state index in [2.05, 4.69) is 5.32 Å². The second-order valence-corrected chi connectivity index (χ2v) is 4.22. The van der Waals surface area contributed by atoms with Crippen LogP contribution in [0.1, 0.15) is 40.5 Å². The van der Waals surface area contributed by atoms with Gasteiger partial charge in [-0.25, -0.2) is 0 Å². The molecule has 1 N–H and O–H groups in total. The molecule has 3 atom stereocenters. The van der Waals surface area contributed by atoms with E-state index >= 15 is 0 Å². The standard InChI is InChI=1S/C11H22F3NO/c1-5-6-15-8(2)7-9(3)16-10(4)11(12,13)14/h8-10,15H,5-7H2,1-4H3. The van der Waals surface area contributed by atoms with Crippen LogP contribution in [0.3, 0.4) is 0 Å². The van der Waals surface area contributed by atoms with Crippen LogP contribution in [-0.2, 0) is 4.74 Å². The maximum Gasteiger partial charge on any atom is 0.414 e. The topological polar surface area (TPSA) is 21.3 Å². The Bertz CT molecular complexity index is 185. The second kappa shape index (κ2) is 7.12. The van der Waals surface area contributed by atoms with Crippen LogP contribution >= 0.6 is 0 Å². The van der Waals surface area contributed by atoms with E-state index in [1.165, 1.54) is 0 Å². The summed E-state index contributed by atoms with van der Waals surface area (Å²) in [7, 11) is 0. The molecule has 0 fully saturated rings. The highest BCUT2D eigenvalue weighted by Crippen LogP contribution is 2.24. The number of rotatable bonds is 7. The Morgan fingerprint density at radius 2 is 1.75 bits per heavy atom. The van der Waals surface area contributed by atoms with Gasteiger partial charge in [0.15, 0.2) is 6.10 Å². The highest BCUT2D eigenvalue weighted by Gasteiger charge is 2.37. The highest BCUT2D eigenvalue weighted by atomic mass is 19.4. The fraction of sp³-hybridized carbons (Fsp3) is 1.00. The minimum Gasteiger partial charge on any atom is -0.366 e. The molecule has 0 aromatic heterocycles. The molecule has 0 amide bonds. The molecule has 0 radical (unpaired) electrons. The summed E-state index contributed by atoms with van der Waals surface area (Å²) < 4.78 is 41.5. The molecule has 98 valence electrons. The van der Waals surface area contributed by atoms with Crippen molar-refractivity contribution in [3.05, 3.63) is 0 Å². The summed E-state index contributed by atoms with van der Waals surface area (Å²) in [5.41, 5.74) is 0. The van der Waals surface area contributed by atoms with E-state index in [9.17, 15) is 13.2 Å². The predicted molar refractivity (Wildman–Crippen MR) is 58.4 cm³/mol. The molecule has 0 aromatic rings.